The standard InChI is InChI=1S/C9H8ClN3/c10-9-8(12)5-4-7(13-9)3-1-2-6-11/h1,3-5H,2,12H2. The molecule has 3 nitrogen and oxygen atoms in total. The highest BCUT2D eigenvalue weighted by molar-refractivity contribution is 6.31. The third-order valence-corrected chi connectivity index (χ3v) is 1.70. The fourth-order valence-corrected chi connectivity index (χ4v) is 0.945. The molecule has 1 heterocycles. The van der Waals surface area contributed by atoms with E-state index in [0.29, 0.717) is 23.0 Å². The average Bonchev–Trinajstić information content (AvgIpc) is 2.12. The van der Waals surface area contributed by atoms with Gasteiger partial charge in [0.05, 0.1) is 23.9 Å². The molecule has 0 fully saturated rings. The van der Waals surface area contributed by atoms with Crippen LogP contribution in [-0.4, -0.2) is 4.98 Å². The highest BCUT2D eigenvalue weighted by Crippen LogP contribution is 2.15. The fourth-order valence-electron chi connectivity index (χ4n) is 0.784. The number of hydrogen-bond acceptors (Lipinski definition) is 3. The minimum absolute atomic E-state index is 0.291. The summed E-state index contributed by atoms with van der Waals surface area (Å²) in [6.45, 7) is 0. The second-order valence-corrected chi connectivity index (χ2v) is 2.74. The third-order valence-electron chi connectivity index (χ3n) is 1.40. The van der Waals surface area contributed by atoms with Gasteiger partial charge in [0.2, 0.25) is 0 Å². The number of rotatable bonds is 2. The summed E-state index contributed by atoms with van der Waals surface area (Å²) >= 11 is 5.69. The number of nitriles is 1. The van der Waals surface area contributed by atoms with Crippen molar-refractivity contribution >= 4 is 23.4 Å². The van der Waals surface area contributed by atoms with Gasteiger partial charge in [-0.05, 0) is 18.2 Å². The summed E-state index contributed by atoms with van der Waals surface area (Å²) in [5, 5.41) is 8.57. The molecule has 0 atom stereocenters. The van der Waals surface area contributed by atoms with Crippen LogP contribution in [0.3, 0.4) is 0 Å². The Bertz CT molecular complexity index is 366. The van der Waals surface area contributed by atoms with E-state index >= 15 is 0 Å². The average molecular weight is 194 g/mol. The van der Waals surface area contributed by atoms with Gasteiger partial charge in [-0.2, -0.15) is 5.26 Å². The lowest BCUT2D eigenvalue weighted by Gasteiger charge is -1.97. The molecule has 0 radical (unpaired) electrons. The van der Waals surface area contributed by atoms with Gasteiger partial charge in [0, 0.05) is 0 Å². The van der Waals surface area contributed by atoms with E-state index in [1.807, 2.05) is 6.07 Å². The highest BCUT2D eigenvalue weighted by atomic mass is 35.5. The Morgan fingerprint density at radius 1 is 1.62 bits per heavy atom. The predicted molar refractivity (Wildman–Crippen MR) is 52.9 cm³/mol. The van der Waals surface area contributed by atoms with E-state index in [1.165, 1.54) is 0 Å². The van der Waals surface area contributed by atoms with Crippen LogP contribution in [0.25, 0.3) is 6.08 Å². The molecule has 1 aromatic rings. The van der Waals surface area contributed by atoms with Crippen molar-refractivity contribution in [2.75, 3.05) is 5.73 Å². The molecule has 13 heavy (non-hydrogen) atoms. The molecule has 0 saturated carbocycles. The molecule has 0 amide bonds. The zero-order valence-corrected chi connectivity index (χ0v) is 7.62. The van der Waals surface area contributed by atoms with E-state index in [9.17, 15) is 0 Å². The number of pyridine rings is 1. The molecule has 0 aliphatic heterocycles. The van der Waals surface area contributed by atoms with E-state index in [1.54, 1.807) is 24.3 Å². The SMILES string of the molecule is N#CCC=Cc1ccc(N)c(Cl)n1. The van der Waals surface area contributed by atoms with Gasteiger partial charge in [-0.1, -0.05) is 17.7 Å². The van der Waals surface area contributed by atoms with Crippen LogP contribution in [0.5, 0.6) is 0 Å². The topological polar surface area (TPSA) is 62.7 Å². The Balaban J connectivity index is 2.81. The number of nitrogens with zero attached hydrogens (tertiary/aromatic N) is 2. The van der Waals surface area contributed by atoms with Crippen molar-refractivity contribution in [3.63, 3.8) is 0 Å². The van der Waals surface area contributed by atoms with Crippen molar-refractivity contribution < 1.29 is 0 Å². The lowest BCUT2D eigenvalue weighted by molar-refractivity contribution is 1.29. The van der Waals surface area contributed by atoms with Gasteiger partial charge >= 0.3 is 0 Å². The largest absolute Gasteiger partial charge is 0.396 e. The summed E-state index contributed by atoms with van der Waals surface area (Å²) in [6, 6.07) is 5.42. The maximum absolute atomic E-state index is 8.28. The van der Waals surface area contributed by atoms with Gasteiger partial charge in [0.25, 0.3) is 0 Å². The van der Waals surface area contributed by atoms with Crippen molar-refractivity contribution in [1.29, 1.82) is 5.26 Å². The molecule has 66 valence electrons. The zero-order chi connectivity index (χ0) is 9.68. The predicted octanol–water partition coefficient (Wildman–Crippen LogP) is 2.24. The Hall–Kier alpha value is -1.53. The summed E-state index contributed by atoms with van der Waals surface area (Å²) in [6.07, 6.45) is 3.81. The number of halogens is 1. The molecule has 0 aliphatic rings. The molecule has 0 saturated heterocycles. The molecule has 0 aliphatic carbocycles. The van der Waals surface area contributed by atoms with Crippen LogP contribution < -0.4 is 5.73 Å². The van der Waals surface area contributed by atoms with Gasteiger partial charge in [-0.3, -0.25) is 0 Å². The first-order valence-electron chi connectivity index (χ1n) is 3.69. The molecule has 0 unspecified atom stereocenters. The summed E-state index contributed by atoms with van der Waals surface area (Å²) in [5.41, 5.74) is 6.63. The third kappa shape index (κ3) is 2.77. The Kier molecular flexibility index (Phi) is 3.30. The van der Waals surface area contributed by atoms with Crippen LogP contribution in [0.1, 0.15) is 12.1 Å². The Labute approximate surface area is 81.5 Å². The summed E-state index contributed by atoms with van der Waals surface area (Å²) in [7, 11) is 0. The van der Waals surface area contributed by atoms with Crippen molar-refractivity contribution in [3.8, 4) is 6.07 Å². The van der Waals surface area contributed by atoms with Gasteiger partial charge in [-0.25, -0.2) is 4.98 Å². The molecule has 1 rings (SSSR count). The van der Waals surface area contributed by atoms with Crippen LogP contribution in [0.2, 0.25) is 5.15 Å². The molecule has 1 aromatic heterocycles. The number of nitrogen functional groups attached to an aromatic ring is 1. The maximum atomic E-state index is 8.28. The van der Waals surface area contributed by atoms with E-state index < -0.39 is 0 Å². The quantitative estimate of drug-likeness (QED) is 0.733. The highest BCUT2D eigenvalue weighted by Gasteiger charge is 1.96. The first kappa shape index (κ1) is 9.56. The second-order valence-electron chi connectivity index (χ2n) is 2.38. The van der Waals surface area contributed by atoms with E-state index in [2.05, 4.69) is 4.98 Å². The van der Waals surface area contributed by atoms with E-state index in [0.717, 1.165) is 0 Å². The van der Waals surface area contributed by atoms with Crippen LogP contribution in [-0.2, 0) is 0 Å². The molecule has 0 bridgehead atoms. The maximum Gasteiger partial charge on any atom is 0.152 e. The van der Waals surface area contributed by atoms with Gasteiger partial charge in [0.1, 0.15) is 0 Å². The lowest BCUT2D eigenvalue weighted by atomic mass is 10.3. The zero-order valence-electron chi connectivity index (χ0n) is 6.87. The summed E-state index contributed by atoms with van der Waals surface area (Å²) < 4.78 is 0. The monoisotopic (exact) mass is 193 g/mol. The molecular formula is C9H8ClN3. The van der Waals surface area contributed by atoms with Crippen molar-refractivity contribution in [2.45, 2.75) is 6.42 Å². The van der Waals surface area contributed by atoms with Gasteiger partial charge in [0.15, 0.2) is 5.15 Å². The normalized spacial score (nSPS) is 10.2. The summed E-state index contributed by atoms with van der Waals surface area (Å²) in [4.78, 5) is 3.99. The second kappa shape index (κ2) is 4.48. The molecule has 4 heteroatoms. The molecular weight excluding hydrogens is 186 g/mol. The summed E-state index contributed by atoms with van der Waals surface area (Å²) in [5.74, 6) is 0. The number of nitrogens with two attached hydrogens (primary N) is 1. The van der Waals surface area contributed by atoms with Crippen molar-refractivity contribution in [3.05, 3.63) is 29.1 Å². The molecule has 2 N–H and O–H groups in total. The van der Waals surface area contributed by atoms with E-state index in [4.69, 9.17) is 22.6 Å². The number of anilines is 1. The minimum atomic E-state index is 0.291. The molecule has 0 aromatic carbocycles. The Morgan fingerprint density at radius 3 is 3.00 bits per heavy atom. The number of aromatic nitrogens is 1. The van der Waals surface area contributed by atoms with Crippen LogP contribution in [0.4, 0.5) is 5.69 Å². The van der Waals surface area contributed by atoms with Crippen LogP contribution in [0.15, 0.2) is 18.2 Å². The number of allylic oxidation sites excluding steroid dienone is 1. The fraction of sp³-hybridized carbons (Fsp3) is 0.111. The smallest absolute Gasteiger partial charge is 0.152 e. The lowest BCUT2D eigenvalue weighted by Crippen LogP contribution is -1.90. The van der Waals surface area contributed by atoms with E-state index in [-0.39, 0.29) is 0 Å². The molecule has 0 spiro atoms. The van der Waals surface area contributed by atoms with Crippen LogP contribution >= 0.6 is 11.6 Å². The Morgan fingerprint density at radius 2 is 2.38 bits per heavy atom. The van der Waals surface area contributed by atoms with Crippen molar-refractivity contribution in [1.82, 2.24) is 4.98 Å². The first-order chi connectivity index (χ1) is 6.24. The van der Waals surface area contributed by atoms with Crippen molar-refractivity contribution in [2.24, 2.45) is 0 Å². The van der Waals surface area contributed by atoms with Gasteiger partial charge < -0.3 is 5.73 Å². The van der Waals surface area contributed by atoms with Gasteiger partial charge in [-0.15, -0.1) is 0 Å². The number of hydrogen-bond donors (Lipinski definition) is 1. The minimum Gasteiger partial charge on any atom is -0.396 e. The first-order valence-corrected chi connectivity index (χ1v) is 4.07. The van der Waals surface area contributed by atoms with Crippen LogP contribution in [0, 0.1) is 11.3 Å².